The van der Waals surface area contributed by atoms with Crippen molar-refractivity contribution in [2.45, 2.75) is 77.4 Å². The Balaban J connectivity index is 1.16. The molecule has 9 heteroatoms. The van der Waals surface area contributed by atoms with E-state index in [0.29, 0.717) is 35.8 Å². The Bertz CT molecular complexity index is 2560. The molecule has 8 nitrogen and oxygen atoms in total. The maximum absolute atomic E-state index is 13.1. The SMILES string of the molecule is CCCCCC(=O)OC(COc1cccc2ccccc12)COc1c2ccccc2c(OCC(COc2cccc3ccccc23)OC(=O)CCCCC)c2cc(Br)ccc12. The van der Waals surface area contributed by atoms with Crippen LogP contribution in [0.15, 0.2) is 132 Å². The highest BCUT2D eigenvalue weighted by Gasteiger charge is 2.23. The van der Waals surface area contributed by atoms with Crippen molar-refractivity contribution in [2.24, 2.45) is 0 Å². The molecule has 0 aliphatic rings. The fraction of sp³-hybridized carbons (Fsp3) is 0.308. The van der Waals surface area contributed by atoms with E-state index in [1.165, 1.54) is 0 Å². The standard InChI is InChI=1S/C52H53BrO8/c1-3-5-7-27-49(54)60-39(32-56-47-25-15-19-36-17-9-11-21-41(36)47)34-58-51-43-23-13-14-24-44(43)52(46-31-38(53)29-30-45(46)51)59-35-40(61-50(55)28-8-6-4-2)33-57-48-26-16-20-37-18-10-12-22-42(37)48/h9-26,29-31,39-40H,3-8,27-28,32-35H2,1-2H3. The molecule has 7 aromatic carbocycles. The zero-order chi connectivity index (χ0) is 42.4. The van der Waals surface area contributed by atoms with E-state index in [-0.39, 0.29) is 38.4 Å². The third kappa shape index (κ3) is 11.3. The van der Waals surface area contributed by atoms with Gasteiger partial charge in [0, 0.05) is 49.6 Å². The minimum Gasteiger partial charge on any atom is -0.489 e. The van der Waals surface area contributed by atoms with Crippen molar-refractivity contribution in [2.75, 3.05) is 26.4 Å². The van der Waals surface area contributed by atoms with E-state index < -0.39 is 12.2 Å². The Hall–Kier alpha value is -5.80. The molecule has 0 spiro atoms. The Kier molecular flexibility index (Phi) is 15.4. The van der Waals surface area contributed by atoms with Crippen molar-refractivity contribution in [1.82, 2.24) is 0 Å². The maximum atomic E-state index is 13.1. The topological polar surface area (TPSA) is 89.5 Å². The summed E-state index contributed by atoms with van der Waals surface area (Å²) in [5, 5.41) is 7.30. The van der Waals surface area contributed by atoms with E-state index in [9.17, 15) is 9.59 Å². The second-order valence-electron chi connectivity index (χ2n) is 15.2. The monoisotopic (exact) mass is 884 g/mol. The summed E-state index contributed by atoms with van der Waals surface area (Å²) in [5.74, 6) is 2.10. The Labute approximate surface area is 366 Å². The van der Waals surface area contributed by atoms with Crippen molar-refractivity contribution >= 4 is 71.0 Å². The molecule has 0 aliphatic heterocycles. The number of halogens is 1. The van der Waals surface area contributed by atoms with Gasteiger partial charge in [0.25, 0.3) is 0 Å². The summed E-state index contributed by atoms with van der Waals surface area (Å²) in [6.45, 7) is 4.53. The number of fused-ring (bicyclic) bond motifs is 4. The third-order valence-electron chi connectivity index (χ3n) is 10.6. The molecular formula is C52H53BrO8. The van der Waals surface area contributed by atoms with Crippen LogP contribution in [0.25, 0.3) is 43.1 Å². The molecule has 0 aromatic heterocycles. The maximum Gasteiger partial charge on any atom is 0.306 e. The zero-order valence-corrected chi connectivity index (χ0v) is 36.5. The fourth-order valence-electron chi connectivity index (χ4n) is 7.50. The predicted octanol–water partition coefficient (Wildman–Crippen LogP) is 13.0. The van der Waals surface area contributed by atoms with Gasteiger partial charge in [-0.15, -0.1) is 0 Å². The average Bonchev–Trinajstić information content (AvgIpc) is 3.28. The van der Waals surface area contributed by atoms with Gasteiger partial charge < -0.3 is 28.4 Å². The molecule has 2 unspecified atom stereocenters. The third-order valence-corrected chi connectivity index (χ3v) is 11.1. The lowest BCUT2D eigenvalue weighted by Crippen LogP contribution is -2.31. The summed E-state index contributed by atoms with van der Waals surface area (Å²) in [6.07, 6.45) is 4.68. The van der Waals surface area contributed by atoms with Crippen molar-refractivity contribution in [3.05, 3.63) is 132 Å². The Morgan fingerprint density at radius 2 is 0.869 bits per heavy atom. The van der Waals surface area contributed by atoms with Crippen LogP contribution in [0.3, 0.4) is 0 Å². The first kappa shape index (κ1) is 43.3. The number of unbranched alkanes of at least 4 members (excludes halogenated alkanes) is 4. The van der Waals surface area contributed by atoms with Gasteiger partial charge in [-0.05, 0) is 53.9 Å². The lowest BCUT2D eigenvalue weighted by molar-refractivity contribution is -0.153. The van der Waals surface area contributed by atoms with Crippen molar-refractivity contribution in [1.29, 1.82) is 0 Å². The first-order chi connectivity index (χ1) is 29.9. The molecule has 0 aliphatic carbocycles. The van der Waals surface area contributed by atoms with Gasteiger partial charge in [0.15, 0.2) is 12.2 Å². The molecule has 7 aromatic rings. The Morgan fingerprint density at radius 1 is 0.459 bits per heavy atom. The van der Waals surface area contributed by atoms with E-state index in [4.69, 9.17) is 28.4 Å². The van der Waals surface area contributed by atoms with Gasteiger partial charge in [-0.2, -0.15) is 0 Å². The quantitative estimate of drug-likeness (QED) is 0.0378. The van der Waals surface area contributed by atoms with Gasteiger partial charge in [-0.25, -0.2) is 0 Å². The molecule has 0 saturated carbocycles. The van der Waals surface area contributed by atoms with Crippen LogP contribution >= 0.6 is 15.9 Å². The van der Waals surface area contributed by atoms with Crippen LogP contribution in [0.4, 0.5) is 0 Å². The summed E-state index contributed by atoms with van der Waals surface area (Å²) in [4.78, 5) is 26.2. The van der Waals surface area contributed by atoms with Gasteiger partial charge in [0.1, 0.15) is 49.4 Å². The minimum absolute atomic E-state index is 0.0532. The number of carbonyl (C=O) groups is 2. The number of esters is 2. The Morgan fingerprint density at radius 3 is 1.36 bits per heavy atom. The summed E-state index contributed by atoms with van der Waals surface area (Å²) >= 11 is 3.68. The molecule has 61 heavy (non-hydrogen) atoms. The van der Waals surface area contributed by atoms with Gasteiger partial charge in [-0.3, -0.25) is 9.59 Å². The smallest absolute Gasteiger partial charge is 0.306 e. The number of hydrogen-bond acceptors (Lipinski definition) is 8. The molecule has 0 radical (unpaired) electrons. The van der Waals surface area contributed by atoms with E-state index in [2.05, 4.69) is 29.8 Å². The van der Waals surface area contributed by atoms with Crippen LogP contribution in [0.1, 0.15) is 65.2 Å². The molecule has 2 atom stereocenters. The van der Waals surface area contributed by atoms with Gasteiger partial charge in [-0.1, -0.05) is 153 Å². The highest BCUT2D eigenvalue weighted by molar-refractivity contribution is 9.10. The number of carbonyl (C=O) groups excluding carboxylic acids is 2. The van der Waals surface area contributed by atoms with E-state index in [1.807, 2.05) is 127 Å². The highest BCUT2D eigenvalue weighted by atomic mass is 79.9. The van der Waals surface area contributed by atoms with Crippen molar-refractivity contribution in [3.8, 4) is 23.0 Å². The molecule has 7 rings (SSSR count). The summed E-state index contributed by atoms with van der Waals surface area (Å²) in [7, 11) is 0. The molecule has 0 heterocycles. The minimum atomic E-state index is -0.695. The van der Waals surface area contributed by atoms with Gasteiger partial charge in [0.2, 0.25) is 0 Å². The second kappa shape index (κ2) is 21.6. The summed E-state index contributed by atoms with van der Waals surface area (Å²) in [6, 6.07) is 41.8. The predicted molar refractivity (Wildman–Crippen MR) is 247 cm³/mol. The summed E-state index contributed by atoms with van der Waals surface area (Å²) in [5.41, 5.74) is 0. The highest BCUT2D eigenvalue weighted by Crippen LogP contribution is 2.44. The van der Waals surface area contributed by atoms with Crippen molar-refractivity contribution < 1.29 is 38.0 Å². The zero-order valence-electron chi connectivity index (χ0n) is 34.9. The molecular weight excluding hydrogens is 832 g/mol. The van der Waals surface area contributed by atoms with Crippen LogP contribution < -0.4 is 18.9 Å². The number of hydrogen-bond donors (Lipinski definition) is 0. The van der Waals surface area contributed by atoms with E-state index in [1.54, 1.807) is 0 Å². The first-order valence-electron chi connectivity index (χ1n) is 21.4. The molecule has 0 fully saturated rings. The lowest BCUT2D eigenvalue weighted by atomic mass is 10.0. The molecule has 0 N–H and O–H groups in total. The van der Waals surface area contributed by atoms with E-state index in [0.717, 1.165) is 86.1 Å². The second-order valence-corrected chi connectivity index (χ2v) is 16.1. The van der Waals surface area contributed by atoms with Crippen LogP contribution in [0.2, 0.25) is 0 Å². The lowest BCUT2D eigenvalue weighted by Gasteiger charge is -2.23. The van der Waals surface area contributed by atoms with Crippen LogP contribution in [-0.4, -0.2) is 50.6 Å². The number of benzene rings is 7. The van der Waals surface area contributed by atoms with Crippen LogP contribution in [-0.2, 0) is 19.1 Å². The molecule has 316 valence electrons. The van der Waals surface area contributed by atoms with Gasteiger partial charge in [0.05, 0.1) is 0 Å². The molecule has 0 bridgehead atoms. The largest absolute Gasteiger partial charge is 0.489 e. The molecule has 0 saturated heterocycles. The normalized spacial score (nSPS) is 12.3. The molecule has 0 amide bonds. The van der Waals surface area contributed by atoms with Crippen molar-refractivity contribution in [3.63, 3.8) is 0 Å². The van der Waals surface area contributed by atoms with Gasteiger partial charge >= 0.3 is 11.9 Å². The first-order valence-corrected chi connectivity index (χ1v) is 22.2. The number of ether oxygens (including phenoxy) is 6. The number of rotatable bonds is 22. The van der Waals surface area contributed by atoms with Crippen LogP contribution in [0, 0.1) is 0 Å². The fourth-order valence-corrected chi connectivity index (χ4v) is 7.87. The van der Waals surface area contributed by atoms with Crippen LogP contribution in [0.5, 0.6) is 23.0 Å². The summed E-state index contributed by atoms with van der Waals surface area (Å²) < 4.78 is 39.1. The average molecular weight is 886 g/mol. The van der Waals surface area contributed by atoms with E-state index >= 15 is 0 Å².